The maximum Gasteiger partial charge on any atom is 0.261 e. The van der Waals surface area contributed by atoms with Gasteiger partial charge in [0.15, 0.2) is 6.10 Å². The molecule has 0 aliphatic rings. The first kappa shape index (κ1) is 21.4. The number of sulfonamides is 1. The number of benzene rings is 2. The number of rotatable bonds is 8. The highest BCUT2D eigenvalue weighted by molar-refractivity contribution is 7.92. The van der Waals surface area contributed by atoms with Crippen molar-refractivity contribution in [2.45, 2.75) is 19.6 Å². The van der Waals surface area contributed by atoms with Crippen molar-refractivity contribution in [3.63, 3.8) is 0 Å². The zero-order chi connectivity index (χ0) is 21.7. The third kappa shape index (κ3) is 5.38. The maximum absolute atomic E-state index is 12.3. The number of nitrogens with one attached hydrogen (secondary N) is 1. The van der Waals surface area contributed by atoms with E-state index in [4.69, 9.17) is 4.74 Å². The summed E-state index contributed by atoms with van der Waals surface area (Å²) in [6, 6.07) is 14.3. The fourth-order valence-electron chi connectivity index (χ4n) is 2.71. The Morgan fingerprint density at radius 3 is 2.40 bits per heavy atom. The smallest absolute Gasteiger partial charge is 0.261 e. The van der Waals surface area contributed by atoms with E-state index >= 15 is 0 Å². The molecule has 1 aromatic heterocycles. The second-order valence-corrected chi connectivity index (χ2v) is 8.85. The predicted octanol–water partition coefficient (Wildman–Crippen LogP) is 2.35. The standard InChI is InChI=1S/C21H24N4O4S/c1-16(29-20-10-8-18(9-11-20)24(2)30(3,27)28)21(26)23-14-17-4-6-19(7-5-17)25-13-12-22-15-25/h4-13,15-16H,14H2,1-3H3,(H,23,26)/t16-/m1/s1. The fourth-order valence-corrected chi connectivity index (χ4v) is 3.22. The number of anilines is 1. The van der Waals surface area contributed by atoms with Gasteiger partial charge in [-0.25, -0.2) is 13.4 Å². The molecule has 3 aromatic rings. The van der Waals surface area contributed by atoms with E-state index < -0.39 is 16.1 Å². The molecular formula is C21H24N4O4S. The topological polar surface area (TPSA) is 93.5 Å². The summed E-state index contributed by atoms with van der Waals surface area (Å²) < 4.78 is 31.9. The van der Waals surface area contributed by atoms with Crippen molar-refractivity contribution in [1.82, 2.24) is 14.9 Å². The Balaban J connectivity index is 1.52. The number of nitrogens with zero attached hydrogens (tertiary/aromatic N) is 3. The Bertz CT molecular complexity index is 1080. The molecule has 0 radical (unpaired) electrons. The summed E-state index contributed by atoms with van der Waals surface area (Å²) in [6.07, 6.45) is 5.74. The van der Waals surface area contributed by atoms with E-state index in [2.05, 4.69) is 10.3 Å². The van der Waals surface area contributed by atoms with Crippen LogP contribution in [0.15, 0.2) is 67.3 Å². The van der Waals surface area contributed by atoms with E-state index in [-0.39, 0.29) is 5.91 Å². The van der Waals surface area contributed by atoms with Gasteiger partial charge in [-0.2, -0.15) is 0 Å². The van der Waals surface area contributed by atoms with Gasteiger partial charge in [0.05, 0.1) is 18.3 Å². The largest absolute Gasteiger partial charge is 0.481 e. The minimum Gasteiger partial charge on any atom is -0.481 e. The molecule has 1 amide bonds. The van der Waals surface area contributed by atoms with Crippen molar-refractivity contribution in [3.8, 4) is 11.4 Å². The number of aromatic nitrogens is 2. The molecule has 0 aliphatic heterocycles. The van der Waals surface area contributed by atoms with E-state index in [1.54, 1.807) is 43.7 Å². The third-order valence-electron chi connectivity index (χ3n) is 4.59. The lowest BCUT2D eigenvalue weighted by atomic mass is 10.2. The Hall–Kier alpha value is -3.33. The number of imidazole rings is 1. The van der Waals surface area contributed by atoms with Crippen LogP contribution in [-0.4, -0.2) is 43.3 Å². The summed E-state index contributed by atoms with van der Waals surface area (Å²) in [5.74, 6) is 0.235. The summed E-state index contributed by atoms with van der Waals surface area (Å²) in [5.41, 5.74) is 2.47. The van der Waals surface area contributed by atoms with Crippen LogP contribution in [0.5, 0.6) is 5.75 Å². The number of ether oxygens (including phenoxy) is 1. The summed E-state index contributed by atoms with van der Waals surface area (Å²) in [6.45, 7) is 2.04. The molecule has 2 aromatic carbocycles. The molecule has 1 N–H and O–H groups in total. The molecule has 1 atom stereocenters. The Morgan fingerprint density at radius 2 is 1.83 bits per heavy atom. The van der Waals surface area contributed by atoms with Gasteiger partial charge >= 0.3 is 0 Å². The number of amides is 1. The molecule has 9 heteroatoms. The van der Waals surface area contributed by atoms with E-state index in [0.717, 1.165) is 17.5 Å². The van der Waals surface area contributed by atoms with Crippen molar-refractivity contribution in [3.05, 3.63) is 72.8 Å². The SMILES string of the molecule is C[C@@H](Oc1ccc(N(C)S(C)(=O)=O)cc1)C(=O)NCc1ccc(-n2ccnc2)cc1. The summed E-state index contributed by atoms with van der Waals surface area (Å²) >= 11 is 0. The van der Waals surface area contributed by atoms with Crippen molar-refractivity contribution >= 4 is 21.6 Å². The minimum atomic E-state index is -3.33. The van der Waals surface area contributed by atoms with Gasteiger partial charge in [-0.3, -0.25) is 9.10 Å². The fraction of sp³-hybridized carbons (Fsp3) is 0.238. The van der Waals surface area contributed by atoms with Crippen LogP contribution >= 0.6 is 0 Å². The van der Waals surface area contributed by atoms with E-state index in [0.29, 0.717) is 18.0 Å². The molecule has 8 nitrogen and oxygen atoms in total. The lowest BCUT2D eigenvalue weighted by molar-refractivity contribution is -0.127. The Labute approximate surface area is 176 Å². The first-order chi connectivity index (χ1) is 14.2. The average molecular weight is 429 g/mol. The van der Waals surface area contributed by atoms with Gasteiger partial charge in [-0.15, -0.1) is 0 Å². The molecule has 0 saturated carbocycles. The summed E-state index contributed by atoms with van der Waals surface area (Å²) in [7, 11) is -1.86. The van der Waals surface area contributed by atoms with E-state index in [1.165, 1.54) is 11.4 Å². The molecule has 0 saturated heterocycles. The Kier molecular flexibility index (Phi) is 6.41. The van der Waals surface area contributed by atoms with Crippen LogP contribution in [0, 0.1) is 0 Å². The molecule has 1 heterocycles. The number of hydrogen-bond donors (Lipinski definition) is 1. The second-order valence-electron chi connectivity index (χ2n) is 6.84. The highest BCUT2D eigenvalue weighted by atomic mass is 32.2. The number of hydrogen-bond acceptors (Lipinski definition) is 5. The van der Waals surface area contributed by atoms with E-state index in [9.17, 15) is 13.2 Å². The molecule has 0 unspecified atom stereocenters. The normalized spacial score (nSPS) is 12.2. The van der Waals surface area contributed by atoms with Crippen LogP contribution in [-0.2, 0) is 21.4 Å². The van der Waals surface area contributed by atoms with Crippen molar-refractivity contribution in [2.75, 3.05) is 17.6 Å². The molecule has 30 heavy (non-hydrogen) atoms. The van der Waals surface area contributed by atoms with E-state index in [1.807, 2.05) is 35.0 Å². The zero-order valence-corrected chi connectivity index (χ0v) is 17.8. The molecule has 0 bridgehead atoms. The van der Waals surface area contributed by atoms with Crippen molar-refractivity contribution < 1.29 is 17.9 Å². The highest BCUT2D eigenvalue weighted by Gasteiger charge is 2.16. The molecular weight excluding hydrogens is 404 g/mol. The lowest BCUT2D eigenvalue weighted by Gasteiger charge is -2.18. The molecule has 0 fully saturated rings. The molecule has 3 rings (SSSR count). The highest BCUT2D eigenvalue weighted by Crippen LogP contribution is 2.21. The van der Waals surface area contributed by atoms with Gasteiger partial charge in [-0.1, -0.05) is 12.1 Å². The maximum atomic E-state index is 12.3. The predicted molar refractivity (Wildman–Crippen MR) is 115 cm³/mol. The van der Waals surface area contributed by atoms with Gasteiger partial charge in [0.2, 0.25) is 10.0 Å². The van der Waals surface area contributed by atoms with Crippen LogP contribution in [0.25, 0.3) is 5.69 Å². The summed E-state index contributed by atoms with van der Waals surface area (Å²) in [4.78, 5) is 16.4. The molecule has 0 spiro atoms. The van der Waals surface area contributed by atoms with Crippen LogP contribution < -0.4 is 14.4 Å². The third-order valence-corrected chi connectivity index (χ3v) is 5.79. The minimum absolute atomic E-state index is 0.244. The zero-order valence-electron chi connectivity index (χ0n) is 17.0. The van der Waals surface area contributed by atoms with Gasteiger partial charge < -0.3 is 14.6 Å². The van der Waals surface area contributed by atoms with Crippen molar-refractivity contribution in [2.24, 2.45) is 0 Å². The van der Waals surface area contributed by atoms with Crippen LogP contribution in [0.4, 0.5) is 5.69 Å². The van der Waals surface area contributed by atoms with Gasteiger partial charge in [0, 0.05) is 31.7 Å². The lowest BCUT2D eigenvalue weighted by Crippen LogP contribution is -2.35. The van der Waals surface area contributed by atoms with Gasteiger partial charge in [0.1, 0.15) is 5.75 Å². The van der Waals surface area contributed by atoms with Crippen LogP contribution in [0.3, 0.4) is 0 Å². The van der Waals surface area contributed by atoms with Gasteiger partial charge in [0.25, 0.3) is 5.91 Å². The number of carbonyl (C=O) groups is 1. The quantitative estimate of drug-likeness (QED) is 0.594. The van der Waals surface area contributed by atoms with Gasteiger partial charge in [-0.05, 0) is 48.9 Å². The van der Waals surface area contributed by atoms with Crippen LogP contribution in [0.2, 0.25) is 0 Å². The molecule has 0 aliphatic carbocycles. The number of carbonyl (C=O) groups excluding carboxylic acids is 1. The first-order valence-electron chi connectivity index (χ1n) is 9.29. The summed E-state index contributed by atoms with van der Waals surface area (Å²) in [5, 5.41) is 2.85. The monoisotopic (exact) mass is 428 g/mol. The second kappa shape index (κ2) is 9.00. The van der Waals surface area contributed by atoms with Crippen molar-refractivity contribution in [1.29, 1.82) is 0 Å². The van der Waals surface area contributed by atoms with Crippen LogP contribution in [0.1, 0.15) is 12.5 Å². The first-order valence-corrected chi connectivity index (χ1v) is 11.1. The molecule has 158 valence electrons. The average Bonchev–Trinajstić information content (AvgIpc) is 3.26. The Morgan fingerprint density at radius 1 is 1.17 bits per heavy atom.